The normalized spacial score (nSPS) is 12.5. The van der Waals surface area contributed by atoms with E-state index in [1.54, 1.807) is 0 Å². The fraction of sp³-hybridized carbons (Fsp3) is 0.368. The van der Waals surface area contributed by atoms with Crippen LogP contribution in [-0.4, -0.2) is 7.05 Å². The first-order valence-electron chi connectivity index (χ1n) is 7.38. The van der Waals surface area contributed by atoms with Crippen LogP contribution in [0.3, 0.4) is 0 Å². The maximum atomic E-state index is 3.58. The molecule has 0 aromatic heterocycles. The molecule has 1 unspecified atom stereocenters. The predicted molar refractivity (Wildman–Crippen MR) is 95.2 cm³/mol. The Morgan fingerprint density at radius 3 is 1.86 bits per heavy atom. The Morgan fingerprint density at radius 2 is 1.38 bits per heavy atom. The predicted octanol–water partition coefficient (Wildman–Crippen LogP) is 5.30. The topological polar surface area (TPSA) is 12.0 Å². The average molecular weight is 346 g/mol. The summed E-state index contributed by atoms with van der Waals surface area (Å²) >= 11 is 3.58. The van der Waals surface area contributed by atoms with Crippen molar-refractivity contribution in [1.29, 1.82) is 0 Å². The highest BCUT2D eigenvalue weighted by Gasteiger charge is 2.20. The lowest BCUT2D eigenvalue weighted by molar-refractivity contribution is 0.680. The number of benzene rings is 2. The van der Waals surface area contributed by atoms with Crippen molar-refractivity contribution in [2.45, 2.75) is 40.7 Å². The third-order valence-corrected chi connectivity index (χ3v) is 5.31. The van der Waals surface area contributed by atoms with E-state index in [1.165, 1.54) is 38.9 Å². The number of hydrogen-bond donors (Lipinski definition) is 1. The maximum Gasteiger partial charge on any atom is 0.0580 e. The minimum absolute atomic E-state index is 0.223. The van der Waals surface area contributed by atoms with Crippen molar-refractivity contribution in [1.82, 2.24) is 5.32 Å². The molecule has 0 radical (unpaired) electrons. The summed E-state index contributed by atoms with van der Waals surface area (Å²) in [6.07, 6.45) is 0. The Labute approximate surface area is 136 Å². The third-order valence-electron chi connectivity index (χ3n) is 4.82. The zero-order valence-corrected chi connectivity index (χ0v) is 15.4. The van der Waals surface area contributed by atoms with Gasteiger partial charge in [0.2, 0.25) is 0 Å². The Kier molecular flexibility index (Phi) is 4.90. The van der Waals surface area contributed by atoms with Gasteiger partial charge in [0.05, 0.1) is 6.04 Å². The zero-order chi connectivity index (χ0) is 15.7. The van der Waals surface area contributed by atoms with Crippen molar-refractivity contribution in [3.05, 3.63) is 67.7 Å². The molecule has 0 aliphatic heterocycles. The maximum absolute atomic E-state index is 3.58. The lowest BCUT2D eigenvalue weighted by Gasteiger charge is -2.26. The zero-order valence-electron chi connectivity index (χ0n) is 13.8. The standard InChI is InChI=1S/C19H24BrN/c1-11-12(2)14(4)18(15(5)13(11)3)19(21-6)16-8-7-9-17(20)10-16/h7-10,19,21H,1-6H3. The van der Waals surface area contributed by atoms with E-state index in [0.717, 1.165) is 4.47 Å². The van der Waals surface area contributed by atoms with E-state index in [9.17, 15) is 0 Å². The fourth-order valence-corrected chi connectivity index (χ4v) is 3.54. The van der Waals surface area contributed by atoms with Crippen molar-refractivity contribution >= 4 is 15.9 Å². The Bertz CT molecular complexity index is 645. The third kappa shape index (κ3) is 2.93. The quantitative estimate of drug-likeness (QED) is 0.795. The van der Waals surface area contributed by atoms with Crippen molar-refractivity contribution in [2.24, 2.45) is 0 Å². The van der Waals surface area contributed by atoms with Gasteiger partial charge in [0, 0.05) is 4.47 Å². The van der Waals surface area contributed by atoms with Crippen LogP contribution in [0.2, 0.25) is 0 Å². The summed E-state index contributed by atoms with van der Waals surface area (Å²) in [5, 5.41) is 3.50. The smallest absolute Gasteiger partial charge is 0.0580 e. The van der Waals surface area contributed by atoms with Gasteiger partial charge < -0.3 is 5.32 Å². The molecule has 0 saturated carbocycles. The lowest BCUT2D eigenvalue weighted by atomic mass is 9.84. The molecule has 0 aliphatic carbocycles. The number of rotatable bonds is 3. The highest BCUT2D eigenvalue weighted by atomic mass is 79.9. The molecule has 0 heterocycles. The summed E-state index contributed by atoms with van der Waals surface area (Å²) in [6, 6.07) is 8.78. The molecule has 0 spiro atoms. The largest absolute Gasteiger partial charge is 0.309 e. The Balaban J connectivity index is 2.69. The molecule has 2 aromatic rings. The van der Waals surface area contributed by atoms with Crippen LogP contribution in [0.5, 0.6) is 0 Å². The molecule has 0 amide bonds. The molecule has 1 N–H and O–H groups in total. The first-order chi connectivity index (χ1) is 9.88. The van der Waals surface area contributed by atoms with E-state index >= 15 is 0 Å². The highest BCUT2D eigenvalue weighted by Crippen LogP contribution is 2.34. The van der Waals surface area contributed by atoms with Crippen LogP contribution in [0.1, 0.15) is 45.0 Å². The molecule has 112 valence electrons. The first-order valence-corrected chi connectivity index (χ1v) is 8.17. The van der Waals surface area contributed by atoms with Gasteiger partial charge in [0.15, 0.2) is 0 Å². The van der Waals surface area contributed by atoms with E-state index in [1.807, 2.05) is 7.05 Å². The molecule has 21 heavy (non-hydrogen) atoms. The minimum Gasteiger partial charge on any atom is -0.309 e. The average Bonchev–Trinajstić information content (AvgIpc) is 2.47. The molecule has 1 atom stereocenters. The Morgan fingerprint density at radius 1 is 0.857 bits per heavy atom. The molecule has 2 rings (SSSR count). The van der Waals surface area contributed by atoms with Crippen molar-refractivity contribution in [2.75, 3.05) is 7.05 Å². The summed E-state index contributed by atoms with van der Waals surface area (Å²) in [4.78, 5) is 0. The second-order valence-electron chi connectivity index (χ2n) is 5.82. The summed E-state index contributed by atoms with van der Waals surface area (Å²) < 4.78 is 1.12. The summed E-state index contributed by atoms with van der Waals surface area (Å²) in [6.45, 7) is 11.2. The molecule has 0 bridgehead atoms. The van der Waals surface area contributed by atoms with Gasteiger partial charge >= 0.3 is 0 Å². The Hall–Kier alpha value is -1.12. The van der Waals surface area contributed by atoms with Crippen LogP contribution in [0, 0.1) is 34.6 Å². The van der Waals surface area contributed by atoms with E-state index in [-0.39, 0.29) is 6.04 Å². The molecular formula is C19H24BrN. The van der Waals surface area contributed by atoms with Gasteiger partial charge in [0.25, 0.3) is 0 Å². The van der Waals surface area contributed by atoms with Gasteiger partial charge in [-0.2, -0.15) is 0 Å². The minimum atomic E-state index is 0.223. The van der Waals surface area contributed by atoms with Crippen LogP contribution in [0.4, 0.5) is 0 Å². The van der Waals surface area contributed by atoms with E-state index in [4.69, 9.17) is 0 Å². The van der Waals surface area contributed by atoms with Gasteiger partial charge in [0.1, 0.15) is 0 Å². The van der Waals surface area contributed by atoms with Gasteiger partial charge in [-0.05, 0) is 92.7 Å². The van der Waals surface area contributed by atoms with Gasteiger partial charge in [-0.25, -0.2) is 0 Å². The van der Waals surface area contributed by atoms with Crippen LogP contribution >= 0.6 is 15.9 Å². The highest BCUT2D eigenvalue weighted by molar-refractivity contribution is 9.10. The summed E-state index contributed by atoms with van der Waals surface area (Å²) in [7, 11) is 2.04. The number of halogens is 1. The molecule has 1 nitrogen and oxygen atoms in total. The van der Waals surface area contributed by atoms with E-state index in [0.29, 0.717) is 0 Å². The van der Waals surface area contributed by atoms with E-state index < -0.39 is 0 Å². The van der Waals surface area contributed by atoms with Gasteiger partial charge in [-0.1, -0.05) is 28.1 Å². The van der Waals surface area contributed by atoms with Crippen LogP contribution in [-0.2, 0) is 0 Å². The summed E-state index contributed by atoms with van der Waals surface area (Å²) in [5.41, 5.74) is 9.73. The molecular weight excluding hydrogens is 322 g/mol. The van der Waals surface area contributed by atoms with E-state index in [2.05, 4.69) is 80.1 Å². The first kappa shape index (κ1) is 16.3. The second-order valence-corrected chi connectivity index (χ2v) is 6.73. The van der Waals surface area contributed by atoms with Crippen LogP contribution in [0.15, 0.2) is 28.7 Å². The van der Waals surface area contributed by atoms with Gasteiger partial charge in [-0.15, -0.1) is 0 Å². The number of nitrogens with one attached hydrogen (secondary N) is 1. The van der Waals surface area contributed by atoms with Crippen molar-refractivity contribution < 1.29 is 0 Å². The van der Waals surface area contributed by atoms with Crippen molar-refractivity contribution in [3.8, 4) is 0 Å². The molecule has 2 heteroatoms. The van der Waals surface area contributed by atoms with Gasteiger partial charge in [-0.3, -0.25) is 0 Å². The molecule has 0 aliphatic rings. The lowest BCUT2D eigenvalue weighted by Crippen LogP contribution is -2.21. The monoisotopic (exact) mass is 345 g/mol. The molecule has 0 fully saturated rings. The molecule has 2 aromatic carbocycles. The molecule has 0 saturated heterocycles. The summed E-state index contributed by atoms with van der Waals surface area (Å²) in [5.74, 6) is 0. The fourth-order valence-electron chi connectivity index (χ4n) is 3.13. The van der Waals surface area contributed by atoms with Crippen LogP contribution in [0.25, 0.3) is 0 Å². The number of hydrogen-bond acceptors (Lipinski definition) is 1. The second kappa shape index (κ2) is 6.33. The van der Waals surface area contributed by atoms with Crippen LogP contribution < -0.4 is 5.32 Å². The van der Waals surface area contributed by atoms with Crippen molar-refractivity contribution in [3.63, 3.8) is 0 Å². The SMILES string of the molecule is CNC(c1cccc(Br)c1)c1c(C)c(C)c(C)c(C)c1C.